The number of aromatic nitrogens is 2. The number of benzene rings is 1. The predicted octanol–water partition coefficient (Wildman–Crippen LogP) is 1.73. The number of hydrogen-bond donors (Lipinski definition) is 2. The maximum absolute atomic E-state index is 12.6. The highest BCUT2D eigenvalue weighted by Crippen LogP contribution is 2.28. The molecule has 0 atom stereocenters. The molecule has 0 radical (unpaired) electrons. The molecule has 2 N–H and O–H groups in total. The molecule has 8 heteroatoms. The van der Waals surface area contributed by atoms with E-state index >= 15 is 0 Å². The third-order valence-corrected chi connectivity index (χ3v) is 5.94. The lowest BCUT2D eigenvalue weighted by molar-refractivity contribution is -0.143. The first-order valence-corrected chi connectivity index (χ1v) is 10.2. The summed E-state index contributed by atoms with van der Waals surface area (Å²) in [6.07, 6.45) is 4.70. The summed E-state index contributed by atoms with van der Waals surface area (Å²) >= 11 is 0. The van der Waals surface area contributed by atoms with Crippen molar-refractivity contribution in [2.75, 3.05) is 13.2 Å². The zero-order valence-corrected chi connectivity index (χ0v) is 16.2. The zero-order chi connectivity index (χ0) is 20.4. The van der Waals surface area contributed by atoms with Crippen LogP contribution in [-0.4, -0.2) is 39.7 Å². The summed E-state index contributed by atoms with van der Waals surface area (Å²) in [4.78, 5) is 40.2. The smallest absolute Gasteiger partial charge is 0.306 e. The standard InChI is InChI=1S/C21H25N3O5/c25-19(22-11-13-3-5-14(6-4-13)21(27)28)12-29-15-7-8-17-16(10-15)20(26)24-9-1-2-18(24)23-17/h7-8,10,13-14H,1-6,9,11-12H2,(H,22,25)(H,27,28). The van der Waals surface area contributed by atoms with Gasteiger partial charge in [-0.25, -0.2) is 4.98 Å². The van der Waals surface area contributed by atoms with E-state index in [4.69, 9.17) is 9.84 Å². The van der Waals surface area contributed by atoms with Crippen molar-refractivity contribution in [2.24, 2.45) is 11.8 Å². The SMILES string of the molecule is O=C(COc1ccc2nc3n(c(=O)c2c1)CCC3)NCC1CCC(C(=O)O)CC1. The van der Waals surface area contributed by atoms with Gasteiger partial charge in [-0.15, -0.1) is 0 Å². The molecule has 1 aromatic carbocycles. The van der Waals surface area contributed by atoms with Crippen molar-refractivity contribution >= 4 is 22.8 Å². The first-order valence-electron chi connectivity index (χ1n) is 10.2. The average Bonchev–Trinajstić information content (AvgIpc) is 3.20. The molecule has 2 aromatic rings. The maximum Gasteiger partial charge on any atom is 0.306 e. The zero-order valence-electron chi connectivity index (χ0n) is 16.2. The van der Waals surface area contributed by atoms with E-state index in [-0.39, 0.29) is 24.0 Å². The molecule has 2 heterocycles. The number of carbonyl (C=O) groups is 2. The van der Waals surface area contributed by atoms with E-state index in [1.165, 1.54) is 0 Å². The number of carboxylic acid groups (broad SMARTS) is 1. The monoisotopic (exact) mass is 399 g/mol. The molecule has 8 nitrogen and oxygen atoms in total. The van der Waals surface area contributed by atoms with Crippen molar-refractivity contribution < 1.29 is 19.4 Å². The van der Waals surface area contributed by atoms with Gasteiger partial charge in [0.25, 0.3) is 11.5 Å². The molecule has 29 heavy (non-hydrogen) atoms. The Morgan fingerprint density at radius 3 is 2.79 bits per heavy atom. The normalized spacial score (nSPS) is 21.0. The Balaban J connectivity index is 1.30. The van der Waals surface area contributed by atoms with Crippen molar-refractivity contribution in [1.82, 2.24) is 14.9 Å². The number of nitrogens with one attached hydrogen (secondary N) is 1. The van der Waals surface area contributed by atoms with Crippen LogP contribution >= 0.6 is 0 Å². The van der Waals surface area contributed by atoms with Crippen LogP contribution in [0.1, 0.15) is 37.9 Å². The number of amides is 1. The van der Waals surface area contributed by atoms with E-state index in [2.05, 4.69) is 10.3 Å². The number of aliphatic carboxylic acids is 1. The quantitative estimate of drug-likeness (QED) is 0.765. The molecule has 0 bridgehead atoms. The van der Waals surface area contributed by atoms with E-state index in [0.29, 0.717) is 48.5 Å². The Morgan fingerprint density at radius 2 is 2.03 bits per heavy atom. The van der Waals surface area contributed by atoms with Gasteiger partial charge in [-0.2, -0.15) is 0 Å². The summed E-state index contributed by atoms with van der Waals surface area (Å²) in [6, 6.07) is 5.13. The summed E-state index contributed by atoms with van der Waals surface area (Å²) in [6.45, 7) is 1.10. The molecule has 0 spiro atoms. The van der Waals surface area contributed by atoms with Gasteiger partial charge in [0, 0.05) is 19.5 Å². The minimum absolute atomic E-state index is 0.0608. The van der Waals surface area contributed by atoms with Gasteiger partial charge >= 0.3 is 5.97 Å². The van der Waals surface area contributed by atoms with E-state index in [9.17, 15) is 14.4 Å². The van der Waals surface area contributed by atoms with E-state index < -0.39 is 5.97 Å². The molecule has 154 valence electrons. The van der Waals surface area contributed by atoms with Gasteiger partial charge in [-0.1, -0.05) is 0 Å². The second-order valence-corrected chi connectivity index (χ2v) is 7.92. The lowest BCUT2D eigenvalue weighted by Gasteiger charge is -2.26. The van der Waals surface area contributed by atoms with Crippen LogP contribution in [0.5, 0.6) is 5.75 Å². The van der Waals surface area contributed by atoms with Crippen molar-refractivity contribution in [3.05, 3.63) is 34.4 Å². The average molecular weight is 399 g/mol. The first-order chi connectivity index (χ1) is 14.0. The van der Waals surface area contributed by atoms with Gasteiger partial charge in [-0.05, 0) is 56.2 Å². The van der Waals surface area contributed by atoms with Gasteiger partial charge in [0.1, 0.15) is 11.6 Å². The minimum atomic E-state index is -0.726. The molecule has 4 rings (SSSR count). The van der Waals surface area contributed by atoms with Crippen molar-refractivity contribution in [3.63, 3.8) is 0 Å². The summed E-state index contributed by atoms with van der Waals surface area (Å²) in [7, 11) is 0. The molecule has 0 saturated heterocycles. The molecule has 1 aromatic heterocycles. The van der Waals surface area contributed by atoms with Crippen LogP contribution in [0.2, 0.25) is 0 Å². The number of carbonyl (C=O) groups excluding carboxylic acids is 1. The molecule has 1 saturated carbocycles. The number of ether oxygens (including phenoxy) is 1. The van der Waals surface area contributed by atoms with Crippen LogP contribution in [0, 0.1) is 11.8 Å². The fourth-order valence-electron chi connectivity index (χ4n) is 4.22. The van der Waals surface area contributed by atoms with Crippen LogP contribution in [0.25, 0.3) is 10.9 Å². The molecule has 1 amide bonds. The molecular formula is C21H25N3O5. The van der Waals surface area contributed by atoms with Gasteiger partial charge in [-0.3, -0.25) is 19.0 Å². The first kappa shape index (κ1) is 19.4. The van der Waals surface area contributed by atoms with Gasteiger partial charge < -0.3 is 15.2 Å². The second-order valence-electron chi connectivity index (χ2n) is 7.92. The lowest BCUT2D eigenvalue weighted by atomic mass is 9.82. The van der Waals surface area contributed by atoms with Crippen LogP contribution in [-0.2, 0) is 22.6 Å². The van der Waals surface area contributed by atoms with Crippen molar-refractivity contribution in [3.8, 4) is 5.75 Å². The topological polar surface area (TPSA) is 111 Å². The van der Waals surface area contributed by atoms with E-state index in [1.807, 2.05) is 0 Å². The summed E-state index contributed by atoms with van der Waals surface area (Å²) in [5.41, 5.74) is 0.589. The van der Waals surface area contributed by atoms with Crippen molar-refractivity contribution in [2.45, 2.75) is 45.1 Å². The highest BCUT2D eigenvalue weighted by atomic mass is 16.5. The summed E-state index contributed by atoms with van der Waals surface area (Å²) < 4.78 is 7.28. The Bertz CT molecular complexity index is 992. The molecule has 1 fully saturated rings. The number of hydrogen-bond acceptors (Lipinski definition) is 5. The summed E-state index contributed by atoms with van der Waals surface area (Å²) in [5.74, 6) is 0.395. The Hall–Kier alpha value is -2.90. The number of aryl methyl sites for hydroxylation is 1. The van der Waals surface area contributed by atoms with Gasteiger partial charge in [0.2, 0.25) is 0 Å². The number of nitrogens with zero attached hydrogens (tertiary/aromatic N) is 2. The van der Waals surface area contributed by atoms with Crippen molar-refractivity contribution in [1.29, 1.82) is 0 Å². The Kier molecular flexibility index (Phi) is 5.51. The fourth-order valence-corrected chi connectivity index (χ4v) is 4.22. The van der Waals surface area contributed by atoms with Crippen LogP contribution in [0.15, 0.2) is 23.0 Å². The van der Waals surface area contributed by atoms with E-state index in [0.717, 1.165) is 31.5 Å². The maximum atomic E-state index is 12.6. The largest absolute Gasteiger partial charge is 0.484 e. The highest BCUT2D eigenvalue weighted by molar-refractivity contribution is 5.80. The third kappa shape index (κ3) is 4.26. The minimum Gasteiger partial charge on any atom is -0.484 e. The number of fused-ring (bicyclic) bond motifs is 2. The van der Waals surface area contributed by atoms with Crippen LogP contribution in [0.4, 0.5) is 0 Å². The Labute approximate surface area is 167 Å². The highest BCUT2D eigenvalue weighted by Gasteiger charge is 2.26. The Morgan fingerprint density at radius 1 is 1.24 bits per heavy atom. The van der Waals surface area contributed by atoms with Gasteiger partial charge in [0.05, 0.1) is 16.8 Å². The fraction of sp³-hybridized carbons (Fsp3) is 0.524. The number of carboxylic acids is 1. The molecule has 2 aliphatic rings. The molecule has 1 aliphatic carbocycles. The van der Waals surface area contributed by atoms with Gasteiger partial charge in [0.15, 0.2) is 6.61 Å². The van der Waals surface area contributed by atoms with Crippen LogP contribution < -0.4 is 15.6 Å². The second kappa shape index (κ2) is 8.23. The van der Waals surface area contributed by atoms with E-state index in [1.54, 1.807) is 22.8 Å². The lowest BCUT2D eigenvalue weighted by Crippen LogP contribution is -2.35. The van der Waals surface area contributed by atoms with Crippen LogP contribution in [0.3, 0.4) is 0 Å². The molecule has 1 aliphatic heterocycles. The molecular weight excluding hydrogens is 374 g/mol. The summed E-state index contributed by atoms with van der Waals surface area (Å²) in [5, 5.41) is 12.4. The number of rotatable bonds is 6. The third-order valence-electron chi connectivity index (χ3n) is 5.94. The predicted molar refractivity (Wildman–Crippen MR) is 106 cm³/mol. The molecule has 0 unspecified atom stereocenters.